The first-order valence-corrected chi connectivity index (χ1v) is 8.02. The highest BCUT2D eigenvalue weighted by atomic mass is 79.9. The van der Waals surface area contributed by atoms with Crippen LogP contribution in [0.2, 0.25) is 5.02 Å². The average Bonchev–Trinajstić information content (AvgIpc) is 2.80. The molecule has 1 aromatic carbocycles. The van der Waals surface area contributed by atoms with Gasteiger partial charge in [0.25, 0.3) is 5.92 Å². The molecule has 3 rings (SSSR count). The van der Waals surface area contributed by atoms with Gasteiger partial charge in [0, 0.05) is 25.5 Å². The maximum Gasteiger partial charge on any atom is 0.255 e. The number of aryl methyl sites for hydroxylation is 1. The number of benzene rings is 1. The van der Waals surface area contributed by atoms with E-state index in [0.29, 0.717) is 10.2 Å². The van der Waals surface area contributed by atoms with Gasteiger partial charge < -0.3 is 4.74 Å². The van der Waals surface area contributed by atoms with Gasteiger partial charge in [0.2, 0.25) is 5.69 Å². The highest BCUT2D eigenvalue weighted by Gasteiger charge is 2.47. The van der Waals surface area contributed by atoms with Crippen LogP contribution in [0.15, 0.2) is 16.7 Å². The molecule has 0 saturated heterocycles. The minimum absolute atomic E-state index is 0.0139. The van der Waals surface area contributed by atoms with E-state index < -0.39 is 30.7 Å². The van der Waals surface area contributed by atoms with E-state index in [1.165, 1.54) is 10.9 Å². The van der Waals surface area contributed by atoms with Crippen molar-refractivity contribution in [2.75, 3.05) is 0 Å². The van der Waals surface area contributed by atoms with E-state index in [1.807, 2.05) is 0 Å². The zero-order chi connectivity index (χ0) is 17.6. The van der Waals surface area contributed by atoms with E-state index in [4.69, 9.17) is 22.9 Å². The number of aromatic nitrogens is 2. The van der Waals surface area contributed by atoms with E-state index in [-0.39, 0.29) is 22.0 Å². The third-order valence-corrected chi connectivity index (χ3v) is 4.60. The molecule has 2 aromatic rings. The third kappa shape index (κ3) is 2.87. The van der Waals surface area contributed by atoms with Gasteiger partial charge in [-0.05, 0) is 22.0 Å². The molecule has 0 bridgehead atoms. The summed E-state index contributed by atoms with van der Waals surface area (Å²) in [5.74, 6) is -3.57. The molecule has 1 aliphatic rings. The molecule has 1 aromatic heterocycles. The van der Waals surface area contributed by atoms with Gasteiger partial charge >= 0.3 is 0 Å². The van der Waals surface area contributed by atoms with E-state index >= 15 is 0 Å². The highest BCUT2D eigenvalue weighted by molar-refractivity contribution is 9.10. The molecule has 9 heteroatoms. The van der Waals surface area contributed by atoms with Gasteiger partial charge in [-0.1, -0.05) is 11.6 Å². The highest BCUT2D eigenvalue weighted by Crippen LogP contribution is 2.48. The Hall–Kier alpha value is -1.72. The van der Waals surface area contributed by atoms with Crippen LogP contribution in [-0.4, -0.2) is 21.8 Å². The lowest BCUT2D eigenvalue weighted by atomic mass is 9.91. The number of nitrogens with zero attached hydrogens (tertiary/aromatic N) is 3. The number of ether oxygens (including phenoxy) is 1. The molecular formula is C15H10BrClF3N3O. The molecule has 0 radical (unpaired) electrons. The topological polar surface area (TPSA) is 31.4 Å². The second-order valence-electron chi connectivity index (χ2n) is 5.47. The summed E-state index contributed by atoms with van der Waals surface area (Å²) in [4.78, 5) is 3.34. The molecular weight excluding hydrogens is 411 g/mol. The van der Waals surface area contributed by atoms with Gasteiger partial charge in [0.1, 0.15) is 17.7 Å². The lowest BCUT2D eigenvalue weighted by Crippen LogP contribution is -2.43. The average molecular weight is 421 g/mol. The predicted molar refractivity (Wildman–Crippen MR) is 86.2 cm³/mol. The minimum Gasteiger partial charge on any atom is -0.501 e. The Kier molecular flexibility index (Phi) is 4.26. The van der Waals surface area contributed by atoms with Crippen molar-refractivity contribution >= 4 is 33.2 Å². The minimum atomic E-state index is -2.76. The fourth-order valence-electron chi connectivity index (χ4n) is 2.57. The van der Waals surface area contributed by atoms with Crippen LogP contribution in [0, 0.1) is 12.4 Å². The van der Waals surface area contributed by atoms with Crippen molar-refractivity contribution in [3.8, 4) is 17.0 Å². The van der Waals surface area contributed by atoms with Crippen LogP contribution >= 0.6 is 27.5 Å². The smallest absolute Gasteiger partial charge is 0.255 e. The van der Waals surface area contributed by atoms with E-state index in [9.17, 15) is 13.2 Å². The standard InChI is InChI=1S/C15H10BrClF3N3O/c1-21-13-10(24-7-4-15(19,20)5-7)3-9(17)12(18)11(13)14-8(16)6-22-23(14)2/h3,6-7H,4-5H2,2H3. The van der Waals surface area contributed by atoms with Crippen molar-refractivity contribution in [3.05, 3.63) is 39.0 Å². The monoisotopic (exact) mass is 419 g/mol. The van der Waals surface area contributed by atoms with Crippen molar-refractivity contribution in [3.63, 3.8) is 0 Å². The fourth-order valence-corrected chi connectivity index (χ4v) is 3.31. The molecule has 1 aliphatic carbocycles. The van der Waals surface area contributed by atoms with E-state index in [2.05, 4.69) is 25.9 Å². The Morgan fingerprint density at radius 2 is 2.17 bits per heavy atom. The van der Waals surface area contributed by atoms with Gasteiger partial charge in [-0.15, -0.1) is 0 Å². The molecule has 0 N–H and O–H groups in total. The summed E-state index contributed by atoms with van der Waals surface area (Å²) in [6.07, 6.45) is -0.157. The largest absolute Gasteiger partial charge is 0.501 e. The third-order valence-electron chi connectivity index (χ3n) is 3.75. The molecule has 1 heterocycles. The molecule has 1 fully saturated rings. The molecule has 4 nitrogen and oxygen atoms in total. The molecule has 0 amide bonds. The van der Waals surface area contributed by atoms with Crippen LogP contribution in [0.5, 0.6) is 5.75 Å². The van der Waals surface area contributed by atoms with E-state index in [0.717, 1.165) is 6.07 Å². The van der Waals surface area contributed by atoms with Gasteiger partial charge in [-0.25, -0.2) is 18.0 Å². The van der Waals surface area contributed by atoms with Crippen molar-refractivity contribution in [1.29, 1.82) is 0 Å². The van der Waals surface area contributed by atoms with Crippen LogP contribution in [0.3, 0.4) is 0 Å². The number of hydrogen-bond donors (Lipinski definition) is 0. The van der Waals surface area contributed by atoms with Crippen molar-refractivity contribution < 1.29 is 17.9 Å². The number of rotatable bonds is 3. The summed E-state index contributed by atoms with van der Waals surface area (Å²) in [5.41, 5.74) is 0.103. The first-order chi connectivity index (χ1) is 11.2. The molecule has 24 heavy (non-hydrogen) atoms. The van der Waals surface area contributed by atoms with Crippen LogP contribution in [0.4, 0.5) is 18.9 Å². The molecule has 0 aliphatic heterocycles. The summed E-state index contributed by atoms with van der Waals surface area (Å²) < 4.78 is 47.9. The lowest BCUT2D eigenvalue weighted by molar-refractivity contribution is -0.134. The van der Waals surface area contributed by atoms with Crippen molar-refractivity contribution in [1.82, 2.24) is 9.78 Å². The number of halogens is 5. The van der Waals surface area contributed by atoms with Crippen molar-refractivity contribution in [2.24, 2.45) is 7.05 Å². The van der Waals surface area contributed by atoms with Gasteiger partial charge in [-0.3, -0.25) is 4.68 Å². The fraction of sp³-hybridized carbons (Fsp3) is 0.333. The summed E-state index contributed by atoms with van der Waals surface area (Å²) in [6.45, 7) is 7.38. The Labute approximate surface area is 149 Å². The van der Waals surface area contributed by atoms with Crippen LogP contribution in [0.1, 0.15) is 12.8 Å². The normalized spacial score (nSPS) is 16.5. The van der Waals surface area contributed by atoms with Crippen LogP contribution < -0.4 is 4.74 Å². The van der Waals surface area contributed by atoms with Crippen LogP contribution in [0.25, 0.3) is 16.1 Å². The zero-order valence-electron chi connectivity index (χ0n) is 12.3. The SMILES string of the molecule is [C-]#[N+]c1c(OC2CC(F)(F)C2)cc(Cl)c(F)c1-c1c(Br)cnn1C. The molecule has 126 valence electrons. The van der Waals surface area contributed by atoms with Gasteiger partial charge in [-0.2, -0.15) is 5.10 Å². The molecule has 0 atom stereocenters. The van der Waals surface area contributed by atoms with E-state index in [1.54, 1.807) is 7.05 Å². The maximum atomic E-state index is 14.6. The Bertz CT molecular complexity index is 835. The summed E-state index contributed by atoms with van der Waals surface area (Å²) in [6, 6.07) is 1.15. The quantitative estimate of drug-likeness (QED) is 0.625. The number of alkyl halides is 2. The Morgan fingerprint density at radius 3 is 2.67 bits per heavy atom. The lowest BCUT2D eigenvalue weighted by Gasteiger charge is -2.35. The number of hydrogen-bond acceptors (Lipinski definition) is 2. The van der Waals surface area contributed by atoms with Crippen LogP contribution in [-0.2, 0) is 7.05 Å². The zero-order valence-corrected chi connectivity index (χ0v) is 14.6. The molecule has 1 saturated carbocycles. The second kappa shape index (κ2) is 5.97. The first-order valence-electron chi connectivity index (χ1n) is 6.85. The second-order valence-corrected chi connectivity index (χ2v) is 6.74. The summed E-state index contributed by atoms with van der Waals surface area (Å²) in [5, 5.41) is 3.74. The summed E-state index contributed by atoms with van der Waals surface area (Å²) in [7, 11) is 1.58. The summed E-state index contributed by atoms with van der Waals surface area (Å²) >= 11 is 9.17. The molecule has 0 spiro atoms. The van der Waals surface area contributed by atoms with Gasteiger partial charge in [0.05, 0.1) is 28.0 Å². The van der Waals surface area contributed by atoms with Gasteiger partial charge in [0.15, 0.2) is 0 Å². The Balaban J connectivity index is 2.11. The van der Waals surface area contributed by atoms with Crippen molar-refractivity contribution in [2.45, 2.75) is 24.9 Å². The first kappa shape index (κ1) is 17.1. The molecule has 0 unspecified atom stereocenters. The predicted octanol–water partition coefficient (Wildman–Crippen LogP) is 5.37. The Morgan fingerprint density at radius 1 is 1.50 bits per heavy atom. The maximum absolute atomic E-state index is 14.6.